The fourth-order valence-corrected chi connectivity index (χ4v) is 2.22. The van der Waals surface area contributed by atoms with Crippen LogP contribution in [-0.4, -0.2) is 22.5 Å². The molecule has 5 nitrogen and oxygen atoms in total. The molecule has 1 aromatic carbocycles. The Balaban J connectivity index is 1.85. The van der Waals surface area contributed by atoms with Gasteiger partial charge in [0, 0.05) is 23.9 Å². The Morgan fingerprint density at radius 3 is 3.00 bits per heavy atom. The van der Waals surface area contributed by atoms with Gasteiger partial charge in [0.25, 0.3) is 0 Å². The average Bonchev–Trinajstić information content (AvgIpc) is 2.51. The second-order valence-electron chi connectivity index (χ2n) is 4.74. The molecule has 0 bridgehead atoms. The molecular formula is C15H14N2O3. The molecule has 102 valence electrons. The van der Waals surface area contributed by atoms with Gasteiger partial charge in [0.05, 0.1) is 12.8 Å². The van der Waals surface area contributed by atoms with Crippen LogP contribution in [0.5, 0.6) is 5.75 Å². The highest BCUT2D eigenvalue weighted by Crippen LogP contribution is 2.37. The SMILES string of the molecule is C[C@@H]1COc2ccccc2[C@H]1OC(=O)c1cnccn1. The van der Waals surface area contributed by atoms with E-state index in [1.165, 1.54) is 18.6 Å². The van der Waals surface area contributed by atoms with Crippen LogP contribution in [0.2, 0.25) is 0 Å². The predicted octanol–water partition coefficient (Wildman–Crippen LogP) is 2.40. The zero-order chi connectivity index (χ0) is 13.9. The lowest BCUT2D eigenvalue weighted by molar-refractivity contribution is -0.000843. The van der Waals surface area contributed by atoms with Crippen LogP contribution in [0.1, 0.15) is 29.1 Å². The van der Waals surface area contributed by atoms with Gasteiger partial charge in [-0.25, -0.2) is 9.78 Å². The molecule has 0 fully saturated rings. The van der Waals surface area contributed by atoms with Crippen molar-refractivity contribution in [1.29, 1.82) is 0 Å². The number of benzene rings is 1. The van der Waals surface area contributed by atoms with E-state index in [9.17, 15) is 4.79 Å². The fourth-order valence-electron chi connectivity index (χ4n) is 2.22. The Labute approximate surface area is 116 Å². The lowest BCUT2D eigenvalue weighted by atomic mass is 9.94. The van der Waals surface area contributed by atoms with Gasteiger partial charge >= 0.3 is 5.97 Å². The molecule has 0 N–H and O–H groups in total. The summed E-state index contributed by atoms with van der Waals surface area (Å²) in [6.45, 7) is 2.51. The minimum atomic E-state index is -0.466. The van der Waals surface area contributed by atoms with Crippen molar-refractivity contribution < 1.29 is 14.3 Å². The second-order valence-corrected chi connectivity index (χ2v) is 4.74. The first kappa shape index (κ1) is 12.6. The number of hydrogen-bond acceptors (Lipinski definition) is 5. The molecule has 0 saturated heterocycles. The van der Waals surface area contributed by atoms with Crippen molar-refractivity contribution in [2.75, 3.05) is 6.61 Å². The third-order valence-electron chi connectivity index (χ3n) is 3.25. The van der Waals surface area contributed by atoms with Crippen LogP contribution in [-0.2, 0) is 4.74 Å². The molecule has 1 aliphatic rings. The smallest absolute Gasteiger partial charge is 0.359 e. The fraction of sp³-hybridized carbons (Fsp3) is 0.267. The maximum absolute atomic E-state index is 12.1. The van der Waals surface area contributed by atoms with Crippen molar-refractivity contribution in [3.8, 4) is 5.75 Å². The largest absolute Gasteiger partial charge is 0.493 e. The molecule has 1 aliphatic heterocycles. The summed E-state index contributed by atoms with van der Waals surface area (Å²) in [6.07, 6.45) is 4.06. The Hall–Kier alpha value is -2.43. The predicted molar refractivity (Wildman–Crippen MR) is 71.3 cm³/mol. The van der Waals surface area contributed by atoms with Crippen LogP contribution >= 0.6 is 0 Å². The molecule has 0 unspecified atom stereocenters. The number of hydrogen-bond donors (Lipinski definition) is 0. The molecule has 0 aliphatic carbocycles. The van der Waals surface area contributed by atoms with Crippen LogP contribution in [0.25, 0.3) is 0 Å². The molecule has 2 heterocycles. The number of ether oxygens (including phenoxy) is 2. The maximum atomic E-state index is 12.1. The van der Waals surface area contributed by atoms with Crippen molar-refractivity contribution in [3.05, 3.63) is 54.1 Å². The average molecular weight is 270 g/mol. The molecule has 0 saturated carbocycles. The van der Waals surface area contributed by atoms with Gasteiger partial charge in [-0.05, 0) is 6.07 Å². The highest BCUT2D eigenvalue weighted by Gasteiger charge is 2.31. The van der Waals surface area contributed by atoms with Gasteiger partial charge in [-0.3, -0.25) is 4.98 Å². The molecule has 3 rings (SSSR count). The van der Waals surface area contributed by atoms with Crippen LogP contribution in [0.4, 0.5) is 0 Å². The summed E-state index contributed by atoms with van der Waals surface area (Å²) in [4.78, 5) is 19.9. The number of carbonyl (C=O) groups excluding carboxylic acids is 1. The highest BCUT2D eigenvalue weighted by atomic mass is 16.6. The second kappa shape index (κ2) is 5.28. The quantitative estimate of drug-likeness (QED) is 0.784. The Bertz CT molecular complexity index is 616. The minimum absolute atomic E-state index is 0.0884. The summed E-state index contributed by atoms with van der Waals surface area (Å²) in [7, 11) is 0. The Morgan fingerprint density at radius 2 is 2.20 bits per heavy atom. The van der Waals surface area contributed by atoms with Gasteiger partial charge < -0.3 is 9.47 Å². The first-order chi connectivity index (χ1) is 9.75. The molecule has 0 amide bonds. The molecule has 5 heteroatoms. The number of aromatic nitrogens is 2. The normalized spacial score (nSPS) is 20.6. The van der Waals surface area contributed by atoms with E-state index in [1.54, 1.807) is 0 Å². The van der Waals surface area contributed by atoms with Crippen molar-refractivity contribution in [3.63, 3.8) is 0 Å². The summed E-state index contributed by atoms with van der Waals surface area (Å²) < 4.78 is 11.2. The summed E-state index contributed by atoms with van der Waals surface area (Å²) in [5.74, 6) is 0.389. The minimum Gasteiger partial charge on any atom is -0.493 e. The monoisotopic (exact) mass is 270 g/mol. The maximum Gasteiger partial charge on any atom is 0.359 e. The zero-order valence-electron chi connectivity index (χ0n) is 11.0. The van der Waals surface area contributed by atoms with Crippen LogP contribution in [0.3, 0.4) is 0 Å². The standard InChI is InChI=1S/C15H14N2O3/c1-10-9-19-13-5-3-2-4-11(13)14(10)20-15(18)12-8-16-6-7-17-12/h2-8,10,14H,9H2,1H3/t10-,14+/m1/s1. The zero-order valence-corrected chi connectivity index (χ0v) is 11.0. The lowest BCUT2D eigenvalue weighted by Crippen LogP contribution is -2.27. The first-order valence-electron chi connectivity index (χ1n) is 6.44. The van der Waals surface area contributed by atoms with E-state index in [1.807, 2.05) is 31.2 Å². The number of rotatable bonds is 2. The van der Waals surface area contributed by atoms with E-state index < -0.39 is 5.97 Å². The van der Waals surface area contributed by atoms with Gasteiger partial charge in [0.15, 0.2) is 5.69 Å². The summed E-state index contributed by atoms with van der Waals surface area (Å²) >= 11 is 0. The molecule has 20 heavy (non-hydrogen) atoms. The number of fused-ring (bicyclic) bond motifs is 1. The number of carbonyl (C=O) groups is 1. The van der Waals surface area contributed by atoms with Crippen LogP contribution in [0, 0.1) is 5.92 Å². The van der Waals surface area contributed by atoms with Gasteiger partial charge in [0.1, 0.15) is 11.9 Å². The number of nitrogens with zero attached hydrogens (tertiary/aromatic N) is 2. The van der Waals surface area contributed by atoms with E-state index in [-0.39, 0.29) is 17.7 Å². The molecule has 0 radical (unpaired) electrons. The molecule has 2 atom stereocenters. The number of para-hydroxylation sites is 1. The highest BCUT2D eigenvalue weighted by molar-refractivity contribution is 5.87. The lowest BCUT2D eigenvalue weighted by Gasteiger charge is -2.30. The van der Waals surface area contributed by atoms with E-state index in [0.717, 1.165) is 11.3 Å². The van der Waals surface area contributed by atoms with Gasteiger partial charge in [-0.15, -0.1) is 0 Å². The molecule has 0 spiro atoms. The third kappa shape index (κ3) is 2.34. The Morgan fingerprint density at radius 1 is 1.35 bits per heavy atom. The van der Waals surface area contributed by atoms with Gasteiger partial charge in [-0.2, -0.15) is 0 Å². The van der Waals surface area contributed by atoms with Crippen molar-refractivity contribution >= 4 is 5.97 Å². The van der Waals surface area contributed by atoms with Crippen molar-refractivity contribution in [2.45, 2.75) is 13.0 Å². The van der Waals surface area contributed by atoms with E-state index in [0.29, 0.717) is 6.61 Å². The van der Waals surface area contributed by atoms with Gasteiger partial charge in [-0.1, -0.05) is 25.1 Å². The van der Waals surface area contributed by atoms with Gasteiger partial charge in [0.2, 0.25) is 0 Å². The summed E-state index contributed by atoms with van der Waals surface area (Å²) in [6, 6.07) is 7.60. The van der Waals surface area contributed by atoms with Crippen LogP contribution < -0.4 is 4.74 Å². The Kier molecular flexibility index (Phi) is 3.33. The van der Waals surface area contributed by atoms with E-state index >= 15 is 0 Å². The number of esters is 1. The molecular weight excluding hydrogens is 256 g/mol. The summed E-state index contributed by atoms with van der Waals surface area (Å²) in [5.41, 5.74) is 1.10. The topological polar surface area (TPSA) is 61.3 Å². The van der Waals surface area contributed by atoms with Crippen LogP contribution in [0.15, 0.2) is 42.9 Å². The molecule has 1 aromatic heterocycles. The van der Waals surface area contributed by atoms with E-state index in [4.69, 9.17) is 9.47 Å². The van der Waals surface area contributed by atoms with E-state index in [2.05, 4.69) is 9.97 Å². The molecule has 2 aromatic rings. The first-order valence-corrected chi connectivity index (χ1v) is 6.44. The van der Waals surface area contributed by atoms with Crippen molar-refractivity contribution in [2.24, 2.45) is 5.92 Å². The van der Waals surface area contributed by atoms with Crippen molar-refractivity contribution in [1.82, 2.24) is 9.97 Å². The third-order valence-corrected chi connectivity index (χ3v) is 3.25. The summed E-state index contributed by atoms with van der Waals surface area (Å²) in [5, 5.41) is 0.